The number of para-hydroxylation sites is 1. The molecule has 4 heteroatoms. The van der Waals surface area contributed by atoms with Crippen molar-refractivity contribution in [3.8, 4) is 0 Å². The number of halogens is 1. The molecule has 0 aliphatic heterocycles. The van der Waals surface area contributed by atoms with Crippen molar-refractivity contribution in [2.24, 2.45) is 0 Å². The van der Waals surface area contributed by atoms with Gasteiger partial charge < -0.3 is 4.90 Å². The van der Waals surface area contributed by atoms with E-state index in [0.29, 0.717) is 13.0 Å². The molecule has 1 amide bonds. The number of pyridine rings is 1. The largest absolute Gasteiger partial charge is 0.342 e. The maximum Gasteiger partial charge on any atom is 0.246 e. The Morgan fingerprint density at radius 3 is 2.68 bits per heavy atom. The summed E-state index contributed by atoms with van der Waals surface area (Å²) in [5.41, 5.74) is 2.80. The first-order chi connectivity index (χ1) is 12.1. The summed E-state index contributed by atoms with van der Waals surface area (Å²) in [6.45, 7) is 0.572. The number of benzene rings is 2. The topological polar surface area (TPSA) is 33.2 Å². The van der Waals surface area contributed by atoms with Crippen LogP contribution >= 0.6 is 0 Å². The van der Waals surface area contributed by atoms with E-state index in [0.717, 1.165) is 22.0 Å². The van der Waals surface area contributed by atoms with Crippen LogP contribution in [0.5, 0.6) is 0 Å². The smallest absolute Gasteiger partial charge is 0.246 e. The van der Waals surface area contributed by atoms with Crippen LogP contribution in [0.4, 0.5) is 4.39 Å². The lowest BCUT2D eigenvalue weighted by Crippen LogP contribution is -2.27. The second-order valence-electron chi connectivity index (χ2n) is 5.89. The number of aromatic nitrogens is 1. The van der Waals surface area contributed by atoms with Crippen molar-refractivity contribution in [2.75, 3.05) is 13.6 Å². The molecule has 25 heavy (non-hydrogen) atoms. The summed E-state index contributed by atoms with van der Waals surface area (Å²) < 4.78 is 12.9. The van der Waals surface area contributed by atoms with Gasteiger partial charge in [0.1, 0.15) is 5.82 Å². The Bertz CT molecular complexity index is 898. The lowest BCUT2D eigenvalue weighted by molar-refractivity contribution is -0.124. The van der Waals surface area contributed by atoms with Crippen LogP contribution in [-0.2, 0) is 11.2 Å². The fraction of sp³-hybridized carbons (Fsp3) is 0.143. The molecule has 0 bridgehead atoms. The molecular weight excluding hydrogens is 315 g/mol. The third-order valence-corrected chi connectivity index (χ3v) is 4.09. The highest BCUT2D eigenvalue weighted by molar-refractivity contribution is 5.95. The van der Waals surface area contributed by atoms with E-state index in [-0.39, 0.29) is 11.7 Å². The average Bonchev–Trinajstić information content (AvgIpc) is 2.65. The number of fused-ring (bicyclic) bond motifs is 1. The normalized spacial score (nSPS) is 11.1. The molecule has 3 rings (SSSR count). The standard InChI is InChI=1S/C21H19FN2O/c1-24(15-13-16-7-10-19(22)11-8-16)20(25)12-9-18-5-2-4-17-6-3-14-23-21(17)18/h2-12,14H,13,15H2,1H3/b12-9+. The van der Waals surface area contributed by atoms with E-state index in [9.17, 15) is 9.18 Å². The van der Waals surface area contributed by atoms with Crippen molar-refractivity contribution in [3.63, 3.8) is 0 Å². The number of amides is 1. The molecule has 2 aromatic carbocycles. The van der Waals surface area contributed by atoms with Gasteiger partial charge in [-0.1, -0.05) is 36.4 Å². The number of hydrogen-bond acceptors (Lipinski definition) is 2. The van der Waals surface area contributed by atoms with Gasteiger partial charge in [-0.15, -0.1) is 0 Å². The zero-order chi connectivity index (χ0) is 17.6. The Kier molecular flexibility index (Phi) is 5.19. The second-order valence-corrected chi connectivity index (χ2v) is 5.89. The summed E-state index contributed by atoms with van der Waals surface area (Å²) in [4.78, 5) is 18.3. The van der Waals surface area contributed by atoms with Crippen molar-refractivity contribution in [1.29, 1.82) is 0 Å². The Hall–Kier alpha value is -3.01. The molecule has 0 radical (unpaired) electrons. The van der Waals surface area contributed by atoms with Gasteiger partial charge >= 0.3 is 0 Å². The fourth-order valence-electron chi connectivity index (χ4n) is 2.61. The van der Waals surface area contributed by atoms with E-state index in [1.54, 1.807) is 42.4 Å². The van der Waals surface area contributed by atoms with Crippen LogP contribution in [0.3, 0.4) is 0 Å². The summed E-state index contributed by atoms with van der Waals surface area (Å²) in [6.07, 6.45) is 5.79. The Labute approximate surface area is 146 Å². The van der Waals surface area contributed by atoms with Gasteiger partial charge in [0.2, 0.25) is 5.91 Å². The van der Waals surface area contributed by atoms with E-state index < -0.39 is 0 Å². The molecule has 0 aliphatic carbocycles. The highest BCUT2D eigenvalue weighted by Crippen LogP contribution is 2.17. The lowest BCUT2D eigenvalue weighted by atomic mass is 10.1. The molecule has 1 heterocycles. The zero-order valence-corrected chi connectivity index (χ0v) is 14.0. The molecule has 0 spiro atoms. The van der Waals surface area contributed by atoms with Gasteiger partial charge in [0.25, 0.3) is 0 Å². The van der Waals surface area contributed by atoms with Crippen LogP contribution in [-0.4, -0.2) is 29.4 Å². The number of carbonyl (C=O) groups is 1. The van der Waals surface area contributed by atoms with Crippen LogP contribution in [0.2, 0.25) is 0 Å². The lowest BCUT2D eigenvalue weighted by Gasteiger charge is -2.15. The van der Waals surface area contributed by atoms with Crippen molar-refractivity contribution in [3.05, 3.63) is 83.8 Å². The van der Waals surface area contributed by atoms with Gasteiger partial charge in [0.15, 0.2) is 0 Å². The van der Waals surface area contributed by atoms with Crippen molar-refractivity contribution in [2.45, 2.75) is 6.42 Å². The summed E-state index contributed by atoms with van der Waals surface area (Å²) in [6, 6.07) is 16.1. The maximum absolute atomic E-state index is 12.9. The third kappa shape index (κ3) is 4.29. The first-order valence-corrected chi connectivity index (χ1v) is 8.15. The molecule has 0 N–H and O–H groups in total. The van der Waals surface area contributed by atoms with Crippen molar-refractivity contribution < 1.29 is 9.18 Å². The minimum atomic E-state index is -0.250. The summed E-state index contributed by atoms with van der Waals surface area (Å²) >= 11 is 0. The van der Waals surface area contributed by atoms with E-state index in [1.807, 2.05) is 30.3 Å². The van der Waals surface area contributed by atoms with Gasteiger partial charge in [-0.25, -0.2) is 4.39 Å². The fourth-order valence-corrected chi connectivity index (χ4v) is 2.61. The summed E-state index contributed by atoms with van der Waals surface area (Å²) in [5, 5.41) is 1.04. The molecule has 0 saturated heterocycles. The molecule has 3 aromatic rings. The molecule has 0 unspecified atom stereocenters. The van der Waals surface area contributed by atoms with Gasteiger partial charge in [-0.2, -0.15) is 0 Å². The predicted octanol–water partition coefficient (Wildman–Crippen LogP) is 4.09. The molecule has 0 saturated carbocycles. The number of nitrogens with zero attached hydrogens (tertiary/aromatic N) is 2. The first kappa shape index (κ1) is 16.8. The molecule has 126 valence electrons. The first-order valence-electron chi connectivity index (χ1n) is 8.15. The number of rotatable bonds is 5. The zero-order valence-electron chi connectivity index (χ0n) is 14.0. The monoisotopic (exact) mass is 334 g/mol. The van der Waals surface area contributed by atoms with Crippen molar-refractivity contribution in [1.82, 2.24) is 9.88 Å². The van der Waals surface area contributed by atoms with Gasteiger partial charge in [-0.3, -0.25) is 9.78 Å². The van der Waals surface area contributed by atoms with Gasteiger partial charge in [0.05, 0.1) is 5.52 Å². The average molecular weight is 334 g/mol. The van der Waals surface area contributed by atoms with E-state index in [1.165, 1.54) is 12.1 Å². The number of likely N-dealkylation sites (N-methyl/N-ethyl adjacent to an activating group) is 1. The van der Waals surface area contributed by atoms with Gasteiger partial charge in [0, 0.05) is 36.8 Å². The number of hydrogen-bond donors (Lipinski definition) is 0. The molecule has 0 atom stereocenters. The van der Waals surface area contributed by atoms with Crippen molar-refractivity contribution >= 4 is 22.9 Å². The molecule has 1 aromatic heterocycles. The molecule has 3 nitrogen and oxygen atoms in total. The Morgan fingerprint density at radius 2 is 1.88 bits per heavy atom. The molecular formula is C21H19FN2O. The molecule has 0 aliphatic rings. The highest BCUT2D eigenvalue weighted by atomic mass is 19.1. The predicted molar refractivity (Wildman–Crippen MR) is 98.5 cm³/mol. The maximum atomic E-state index is 12.9. The van der Waals surface area contributed by atoms with E-state index in [2.05, 4.69) is 4.98 Å². The quantitative estimate of drug-likeness (QED) is 0.659. The van der Waals surface area contributed by atoms with E-state index >= 15 is 0 Å². The number of carbonyl (C=O) groups excluding carboxylic acids is 1. The third-order valence-electron chi connectivity index (χ3n) is 4.09. The van der Waals surface area contributed by atoms with E-state index in [4.69, 9.17) is 0 Å². The van der Waals surface area contributed by atoms with Crippen LogP contribution in [0.15, 0.2) is 66.9 Å². The van der Waals surface area contributed by atoms with Crippen LogP contribution in [0.25, 0.3) is 17.0 Å². The second kappa shape index (κ2) is 7.71. The van der Waals surface area contributed by atoms with Crippen LogP contribution < -0.4 is 0 Å². The minimum Gasteiger partial charge on any atom is -0.342 e. The Morgan fingerprint density at radius 1 is 1.12 bits per heavy atom. The summed E-state index contributed by atoms with van der Waals surface area (Å²) in [5.74, 6) is -0.324. The summed E-state index contributed by atoms with van der Waals surface area (Å²) in [7, 11) is 1.76. The molecule has 0 fully saturated rings. The van der Waals surface area contributed by atoms with Crippen LogP contribution in [0, 0.1) is 5.82 Å². The van der Waals surface area contributed by atoms with Crippen LogP contribution in [0.1, 0.15) is 11.1 Å². The highest BCUT2D eigenvalue weighted by Gasteiger charge is 2.06. The Balaban J connectivity index is 1.64. The minimum absolute atomic E-state index is 0.0740. The SMILES string of the molecule is CN(CCc1ccc(F)cc1)C(=O)/C=C/c1cccc2cccnc12. The van der Waals surface area contributed by atoms with Gasteiger partial charge in [-0.05, 0) is 36.3 Å².